The molecule has 2 rings (SSSR count). The second-order valence-corrected chi connectivity index (χ2v) is 5.44. The molecule has 0 fully saturated rings. The number of hydrogen-bond acceptors (Lipinski definition) is 2. The van der Waals surface area contributed by atoms with Gasteiger partial charge in [-0.15, -0.1) is 0 Å². The molecule has 0 amide bonds. The Hall–Kier alpha value is -2.08. The van der Waals surface area contributed by atoms with Crippen molar-refractivity contribution in [1.29, 1.82) is 0 Å². The molecule has 114 valence electrons. The SMILES string of the molecule is O=C/C=C/c1ccc(Sc2ccc(F)cc2)cc1C(F)(F)F. The van der Waals surface area contributed by atoms with Gasteiger partial charge in [-0.1, -0.05) is 23.9 Å². The van der Waals surface area contributed by atoms with E-state index < -0.39 is 17.6 Å². The highest BCUT2D eigenvalue weighted by Crippen LogP contribution is 2.37. The molecule has 2 aromatic rings. The third kappa shape index (κ3) is 4.21. The molecule has 2 aromatic carbocycles. The zero-order valence-electron chi connectivity index (χ0n) is 11.1. The molecule has 0 spiro atoms. The highest BCUT2D eigenvalue weighted by Gasteiger charge is 2.33. The summed E-state index contributed by atoms with van der Waals surface area (Å²) in [5.41, 5.74) is -0.902. The van der Waals surface area contributed by atoms with Gasteiger partial charge in [-0.05, 0) is 48.0 Å². The predicted octanol–water partition coefficient (Wildman–Crippen LogP) is 5.21. The van der Waals surface area contributed by atoms with Crippen LogP contribution in [0, 0.1) is 5.82 Å². The summed E-state index contributed by atoms with van der Waals surface area (Å²) in [5.74, 6) is -0.408. The van der Waals surface area contributed by atoms with Crippen LogP contribution in [-0.2, 0) is 11.0 Å². The van der Waals surface area contributed by atoms with Crippen LogP contribution >= 0.6 is 11.8 Å². The van der Waals surface area contributed by atoms with Gasteiger partial charge in [-0.3, -0.25) is 4.79 Å². The topological polar surface area (TPSA) is 17.1 Å². The van der Waals surface area contributed by atoms with Crippen LogP contribution in [0.3, 0.4) is 0 Å². The number of halogens is 4. The van der Waals surface area contributed by atoms with Gasteiger partial charge in [0.25, 0.3) is 0 Å². The summed E-state index contributed by atoms with van der Waals surface area (Å²) in [6, 6.07) is 9.31. The molecule has 0 aliphatic heterocycles. The lowest BCUT2D eigenvalue weighted by Crippen LogP contribution is -2.07. The third-order valence-corrected chi connectivity index (χ3v) is 3.73. The zero-order valence-corrected chi connectivity index (χ0v) is 11.9. The Morgan fingerprint density at radius 1 is 0.955 bits per heavy atom. The standard InChI is InChI=1S/C16H10F4OS/c17-12-4-7-13(8-5-12)22-14-6-3-11(2-1-9-21)15(10-14)16(18,19)20/h1-10H/b2-1+. The Bertz CT molecular complexity index is 690. The average Bonchev–Trinajstić information content (AvgIpc) is 2.47. The Morgan fingerprint density at radius 3 is 2.18 bits per heavy atom. The van der Waals surface area contributed by atoms with Crippen LogP contribution in [0.4, 0.5) is 17.6 Å². The van der Waals surface area contributed by atoms with Crippen molar-refractivity contribution >= 4 is 24.1 Å². The largest absolute Gasteiger partial charge is 0.417 e. The molecule has 0 heterocycles. The molecule has 0 saturated heterocycles. The van der Waals surface area contributed by atoms with Gasteiger partial charge < -0.3 is 0 Å². The maximum Gasteiger partial charge on any atom is 0.417 e. The molecule has 0 atom stereocenters. The van der Waals surface area contributed by atoms with Gasteiger partial charge in [-0.2, -0.15) is 13.2 Å². The van der Waals surface area contributed by atoms with Crippen molar-refractivity contribution in [2.24, 2.45) is 0 Å². The minimum atomic E-state index is -4.53. The first-order valence-corrected chi connectivity index (χ1v) is 6.98. The van der Waals surface area contributed by atoms with Crippen LogP contribution in [-0.4, -0.2) is 6.29 Å². The summed E-state index contributed by atoms with van der Waals surface area (Å²) in [6.07, 6.45) is -1.98. The van der Waals surface area contributed by atoms with Crippen molar-refractivity contribution in [3.63, 3.8) is 0 Å². The fraction of sp³-hybridized carbons (Fsp3) is 0.0625. The van der Waals surface area contributed by atoms with Gasteiger partial charge in [0.15, 0.2) is 0 Å². The van der Waals surface area contributed by atoms with E-state index in [1.54, 1.807) is 0 Å². The van der Waals surface area contributed by atoms with Crippen LogP contribution in [0.1, 0.15) is 11.1 Å². The predicted molar refractivity (Wildman–Crippen MR) is 77.1 cm³/mol. The van der Waals surface area contributed by atoms with E-state index in [9.17, 15) is 22.4 Å². The maximum absolute atomic E-state index is 13.1. The van der Waals surface area contributed by atoms with E-state index in [1.165, 1.54) is 36.4 Å². The van der Waals surface area contributed by atoms with Crippen LogP contribution in [0.5, 0.6) is 0 Å². The third-order valence-electron chi connectivity index (χ3n) is 2.73. The maximum atomic E-state index is 13.1. The number of allylic oxidation sites excluding steroid dienone is 1. The highest BCUT2D eigenvalue weighted by atomic mass is 32.2. The van der Waals surface area contributed by atoms with Gasteiger partial charge in [-0.25, -0.2) is 4.39 Å². The van der Waals surface area contributed by atoms with Crippen LogP contribution in [0.2, 0.25) is 0 Å². The number of aldehydes is 1. The van der Waals surface area contributed by atoms with Crippen molar-refractivity contribution in [2.45, 2.75) is 16.0 Å². The molecule has 0 aliphatic carbocycles. The fourth-order valence-corrected chi connectivity index (χ4v) is 2.63. The molecule has 0 N–H and O–H groups in total. The lowest BCUT2D eigenvalue weighted by Gasteiger charge is -2.12. The highest BCUT2D eigenvalue weighted by molar-refractivity contribution is 7.99. The monoisotopic (exact) mass is 326 g/mol. The quantitative estimate of drug-likeness (QED) is 0.436. The first-order valence-electron chi connectivity index (χ1n) is 6.16. The first kappa shape index (κ1) is 16.3. The normalized spacial score (nSPS) is 11.8. The summed E-state index contributed by atoms with van der Waals surface area (Å²) >= 11 is 1.10. The van der Waals surface area contributed by atoms with E-state index in [4.69, 9.17) is 0 Å². The van der Waals surface area contributed by atoms with Gasteiger partial charge in [0, 0.05) is 9.79 Å². The molecule has 0 unspecified atom stereocenters. The molecule has 0 aliphatic rings. The zero-order chi connectivity index (χ0) is 16.2. The number of benzene rings is 2. The van der Waals surface area contributed by atoms with E-state index in [2.05, 4.69) is 0 Å². The summed E-state index contributed by atoms with van der Waals surface area (Å²) in [6.45, 7) is 0. The molecular weight excluding hydrogens is 316 g/mol. The number of carbonyl (C=O) groups excluding carboxylic acids is 1. The smallest absolute Gasteiger partial charge is 0.299 e. The van der Waals surface area contributed by atoms with E-state index in [0.29, 0.717) is 16.1 Å². The van der Waals surface area contributed by atoms with Crippen LogP contribution < -0.4 is 0 Å². The Morgan fingerprint density at radius 2 is 1.59 bits per heavy atom. The van der Waals surface area contributed by atoms with Gasteiger partial charge in [0.2, 0.25) is 0 Å². The average molecular weight is 326 g/mol. The molecule has 0 bridgehead atoms. The number of rotatable bonds is 4. The van der Waals surface area contributed by atoms with E-state index in [1.807, 2.05) is 0 Å². The van der Waals surface area contributed by atoms with Crippen molar-refractivity contribution < 1.29 is 22.4 Å². The van der Waals surface area contributed by atoms with Gasteiger partial charge in [0.1, 0.15) is 12.1 Å². The number of alkyl halides is 3. The molecule has 6 heteroatoms. The number of carbonyl (C=O) groups is 1. The van der Waals surface area contributed by atoms with Crippen molar-refractivity contribution in [3.8, 4) is 0 Å². The fourth-order valence-electron chi connectivity index (χ4n) is 1.77. The number of hydrogen-bond donors (Lipinski definition) is 0. The summed E-state index contributed by atoms with van der Waals surface area (Å²) in [4.78, 5) is 11.3. The summed E-state index contributed by atoms with van der Waals surface area (Å²) in [5, 5.41) is 0. The molecule has 1 nitrogen and oxygen atoms in total. The van der Waals surface area contributed by atoms with Crippen molar-refractivity contribution in [1.82, 2.24) is 0 Å². The molecule has 0 saturated carbocycles. The minimum Gasteiger partial charge on any atom is -0.299 e. The molecule has 0 aromatic heterocycles. The second-order valence-electron chi connectivity index (χ2n) is 4.30. The lowest BCUT2D eigenvalue weighted by molar-refractivity contribution is -0.137. The Kier molecular flexibility index (Phi) is 5.03. The van der Waals surface area contributed by atoms with Crippen LogP contribution in [0.15, 0.2) is 58.3 Å². The molecule has 0 radical (unpaired) electrons. The van der Waals surface area contributed by atoms with Crippen molar-refractivity contribution in [3.05, 3.63) is 65.5 Å². The van der Waals surface area contributed by atoms with E-state index >= 15 is 0 Å². The summed E-state index contributed by atoms with van der Waals surface area (Å²) < 4.78 is 52.0. The Labute approximate surface area is 128 Å². The minimum absolute atomic E-state index is 0.0805. The van der Waals surface area contributed by atoms with Crippen molar-refractivity contribution in [2.75, 3.05) is 0 Å². The second kappa shape index (κ2) is 6.79. The Balaban J connectivity index is 2.35. The first-order chi connectivity index (χ1) is 10.4. The van der Waals surface area contributed by atoms with E-state index in [-0.39, 0.29) is 5.56 Å². The van der Waals surface area contributed by atoms with Gasteiger partial charge in [0.05, 0.1) is 5.56 Å². The van der Waals surface area contributed by atoms with E-state index in [0.717, 1.165) is 30.0 Å². The summed E-state index contributed by atoms with van der Waals surface area (Å²) in [7, 11) is 0. The van der Waals surface area contributed by atoms with Gasteiger partial charge >= 0.3 is 6.18 Å². The molecular formula is C16H10F4OS. The lowest BCUT2D eigenvalue weighted by atomic mass is 10.1. The molecule has 22 heavy (non-hydrogen) atoms. The van der Waals surface area contributed by atoms with Crippen LogP contribution in [0.25, 0.3) is 6.08 Å².